The topological polar surface area (TPSA) is 61.4 Å². The first-order chi connectivity index (χ1) is 9.62. The first-order valence-corrected chi connectivity index (χ1v) is 7.37. The van der Waals surface area contributed by atoms with Gasteiger partial charge in [0.05, 0.1) is 12.1 Å². The van der Waals surface area contributed by atoms with E-state index in [0.29, 0.717) is 11.8 Å². The molecule has 0 spiro atoms. The van der Waals surface area contributed by atoms with Gasteiger partial charge in [-0.05, 0) is 37.7 Å². The van der Waals surface area contributed by atoms with Crippen molar-refractivity contribution in [1.29, 1.82) is 0 Å². The fourth-order valence-electron chi connectivity index (χ4n) is 2.88. The van der Waals surface area contributed by atoms with Crippen LogP contribution in [0.1, 0.15) is 37.7 Å². The Kier molecular flexibility index (Phi) is 3.42. The predicted octanol–water partition coefficient (Wildman–Crippen LogP) is 2.00. The Labute approximate surface area is 119 Å². The van der Waals surface area contributed by atoms with E-state index in [4.69, 9.17) is 0 Å². The smallest absolute Gasteiger partial charge is 0.315 e. The Morgan fingerprint density at radius 1 is 1.35 bits per heavy atom. The minimum atomic E-state index is -0.471. The van der Waals surface area contributed by atoms with E-state index in [-0.39, 0.29) is 18.7 Å². The van der Waals surface area contributed by atoms with Crippen LogP contribution in [0.25, 0.3) is 0 Å². The summed E-state index contributed by atoms with van der Waals surface area (Å²) in [5.74, 6) is 0.852. The number of carbonyl (C=O) groups excluding carboxylic acids is 1. The molecular formula is C16H22N2O2. The lowest BCUT2D eigenvalue weighted by molar-refractivity contribution is 0.155. The molecule has 3 unspecified atom stereocenters. The average Bonchev–Trinajstić information content (AvgIpc) is 3.33. The van der Waals surface area contributed by atoms with Crippen molar-refractivity contribution in [3.05, 3.63) is 35.9 Å². The third-order valence-electron chi connectivity index (χ3n) is 4.54. The summed E-state index contributed by atoms with van der Waals surface area (Å²) >= 11 is 0. The molecule has 0 aromatic heterocycles. The van der Waals surface area contributed by atoms with Crippen LogP contribution >= 0.6 is 0 Å². The molecule has 0 aliphatic heterocycles. The van der Waals surface area contributed by atoms with Gasteiger partial charge in [-0.1, -0.05) is 30.3 Å². The van der Waals surface area contributed by atoms with Gasteiger partial charge in [0, 0.05) is 12.0 Å². The summed E-state index contributed by atoms with van der Waals surface area (Å²) in [6, 6.07) is 10.3. The number of carbonyl (C=O) groups is 1. The Balaban J connectivity index is 1.51. The van der Waals surface area contributed by atoms with E-state index in [2.05, 4.69) is 22.8 Å². The fourth-order valence-corrected chi connectivity index (χ4v) is 2.88. The van der Waals surface area contributed by atoms with Gasteiger partial charge in [0.25, 0.3) is 0 Å². The van der Waals surface area contributed by atoms with E-state index in [9.17, 15) is 9.90 Å². The first kappa shape index (κ1) is 13.4. The number of amides is 2. The summed E-state index contributed by atoms with van der Waals surface area (Å²) < 4.78 is 0. The molecule has 4 heteroatoms. The zero-order valence-electron chi connectivity index (χ0n) is 11.8. The van der Waals surface area contributed by atoms with Crippen molar-refractivity contribution in [2.24, 2.45) is 5.92 Å². The maximum atomic E-state index is 12.0. The third kappa shape index (κ3) is 2.80. The van der Waals surface area contributed by atoms with Crippen molar-refractivity contribution < 1.29 is 9.90 Å². The van der Waals surface area contributed by atoms with E-state index < -0.39 is 5.54 Å². The van der Waals surface area contributed by atoms with Crippen LogP contribution in [0.2, 0.25) is 0 Å². The highest BCUT2D eigenvalue weighted by Crippen LogP contribution is 2.41. The molecule has 2 aliphatic rings. The van der Waals surface area contributed by atoms with E-state index in [1.807, 2.05) is 25.1 Å². The Morgan fingerprint density at radius 3 is 2.65 bits per heavy atom. The number of aliphatic hydroxyl groups is 1. The quantitative estimate of drug-likeness (QED) is 0.769. The number of hydrogen-bond donors (Lipinski definition) is 3. The molecule has 2 aliphatic carbocycles. The lowest BCUT2D eigenvalue weighted by Gasteiger charge is -2.28. The van der Waals surface area contributed by atoms with Gasteiger partial charge in [-0.15, -0.1) is 0 Å². The minimum absolute atomic E-state index is 0.00212. The second kappa shape index (κ2) is 5.09. The van der Waals surface area contributed by atoms with Gasteiger partial charge in [-0.3, -0.25) is 0 Å². The van der Waals surface area contributed by atoms with Crippen molar-refractivity contribution in [3.8, 4) is 0 Å². The molecule has 108 valence electrons. The highest BCUT2D eigenvalue weighted by Gasteiger charge is 2.44. The summed E-state index contributed by atoms with van der Waals surface area (Å²) in [4.78, 5) is 12.0. The zero-order valence-corrected chi connectivity index (χ0v) is 11.8. The normalized spacial score (nSPS) is 27.5. The second-order valence-electron chi connectivity index (χ2n) is 6.31. The van der Waals surface area contributed by atoms with Crippen LogP contribution < -0.4 is 10.6 Å². The van der Waals surface area contributed by atoms with Crippen LogP contribution in [0.15, 0.2) is 30.3 Å². The van der Waals surface area contributed by atoms with Gasteiger partial charge in [0.15, 0.2) is 0 Å². The summed E-state index contributed by atoms with van der Waals surface area (Å²) in [5.41, 5.74) is 0.811. The summed E-state index contributed by atoms with van der Waals surface area (Å²) in [5, 5.41) is 15.4. The van der Waals surface area contributed by atoms with Crippen molar-refractivity contribution in [3.63, 3.8) is 0 Å². The molecule has 2 saturated carbocycles. The Hall–Kier alpha value is -1.55. The molecule has 3 N–H and O–H groups in total. The molecule has 1 aromatic carbocycles. The van der Waals surface area contributed by atoms with Crippen LogP contribution in [0.4, 0.5) is 4.79 Å². The number of urea groups is 1. The summed E-state index contributed by atoms with van der Waals surface area (Å²) in [6.07, 6.45) is 3.18. The third-order valence-corrected chi connectivity index (χ3v) is 4.54. The minimum Gasteiger partial charge on any atom is -0.394 e. The molecule has 2 fully saturated rings. The number of benzene rings is 1. The van der Waals surface area contributed by atoms with E-state index >= 15 is 0 Å². The van der Waals surface area contributed by atoms with Crippen molar-refractivity contribution >= 4 is 6.03 Å². The van der Waals surface area contributed by atoms with Gasteiger partial charge >= 0.3 is 6.03 Å². The number of rotatable bonds is 5. The maximum Gasteiger partial charge on any atom is 0.315 e. The van der Waals surface area contributed by atoms with Crippen molar-refractivity contribution in [2.75, 3.05) is 6.61 Å². The number of nitrogens with one attached hydrogen (secondary N) is 2. The molecule has 1 aromatic rings. The van der Waals surface area contributed by atoms with Gasteiger partial charge in [-0.25, -0.2) is 4.79 Å². The molecule has 3 rings (SSSR count). The van der Waals surface area contributed by atoms with Crippen molar-refractivity contribution in [2.45, 2.75) is 43.7 Å². The second-order valence-corrected chi connectivity index (χ2v) is 6.31. The number of hydrogen-bond acceptors (Lipinski definition) is 2. The standard InChI is InChI=1S/C16H22N2O2/c1-16(10-19,12-7-8-12)18-15(20)17-14-9-13(14)11-5-3-2-4-6-11/h2-6,12-14,19H,7-10H2,1H3,(H2,17,18,20). The Morgan fingerprint density at radius 2 is 2.05 bits per heavy atom. The number of aliphatic hydroxyl groups excluding tert-OH is 1. The average molecular weight is 274 g/mol. The van der Waals surface area contributed by atoms with E-state index in [0.717, 1.165) is 19.3 Å². The Bertz CT molecular complexity index is 487. The first-order valence-electron chi connectivity index (χ1n) is 7.37. The lowest BCUT2D eigenvalue weighted by atomic mass is 9.97. The SMILES string of the molecule is CC(CO)(NC(=O)NC1CC1c1ccccc1)C1CC1. The molecule has 0 saturated heterocycles. The molecule has 20 heavy (non-hydrogen) atoms. The highest BCUT2D eigenvalue weighted by molar-refractivity contribution is 5.76. The fraction of sp³-hybridized carbons (Fsp3) is 0.562. The molecule has 3 atom stereocenters. The van der Waals surface area contributed by atoms with Gasteiger partial charge in [-0.2, -0.15) is 0 Å². The summed E-state index contributed by atoms with van der Waals surface area (Å²) in [6.45, 7) is 1.92. The maximum absolute atomic E-state index is 12.0. The molecule has 2 amide bonds. The molecule has 4 nitrogen and oxygen atoms in total. The van der Waals surface area contributed by atoms with Crippen LogP contribution in [0.5, 0.6) is 0 Å². The van der Waals surface area contributed by atoms with Crippen LogP contribution in [0.3, 0.4) is 0 Å². The van der Waals surface area contributed by atoms with E-state index in [1.165, 1.54) is 5.56 Å². The summed E-state index contributed by atoms with van der Waals surface area (Å²) in [7, 11) is 0. The van der Waals surface area contributed by atoms with Gasteiger partial charge in [0.1, 0.15) is 0 Å². The largest absolute Gasteiger partial charge is 0.394 e. The lowest BCUT2D eigenvalue weighted by Crippen LogP contribution is -2.54. The predicted molar refractivity (Wildman–Crippen MR) is 77.5 cm³/mol. The van der Waals surface area contributed by atoms with Crippen LogP contribution in [0, 0.1) is 5.92 Å². The monoisotopic (exact) mass is 274 g/mol. The van der Waals surface area contributed by atoms with Crippen LogP contribution in [-0.2, 0) is 0 Å². The molecular weight excluding hydrogens is 252 g/mol. The molecule has 0 bridgehead atoms. The van der Waals surface area contributed by atoms with Crippen molar-refractivity contribution in [1.82, 2.24) is 10.6 Å². The van der Waals surface area contributed by atoms with Gasteiger partial charge < -0.3 is 15.7 Å². The molecule has 0 heterocycles. The molecule has 0 radical (unpaired) electrons. The zero-order chi connectivity index (χ0) is 14.2. The van der Waals surface area contributed by atoms with E-state index in [1.54, 1.807) is 0 Å². The highest BCUT2D eigenvalue weighted by atomic mass is 16.3. The van der Waals surface area contributed by atoms with Crippen LogP contribution in [-0.4, -0.2) is 29.3 Å². The van der Waals surface area contributed by atoms with Gasteiger partial charge in [0.2, 0.25) is 0 Å².